The average Bonchev–Trinajstić information content (AvgIpc) is 1.62. The summed E-state index contributed by atoms with van der Waals surface area (Å²) in [6.45, 7) is 0. The maximum absolute atomic E-state index is 9.75. The summed E-state index contributed by atoms with van der Waals surface area (Å²) in [6, 6.07) is 0. The van der Waals surface area contributed by atoms with Crippen LogP contribution in [0.3, 0.4) is 0 Å². The van der Waals surface area contributed by atoms with Gasteiger partial charge in [0.25, 0.3) is 0 Å². The van der Waals surface area contributed by atoms with E-state index < -0.39 is 29.0 Å². The van der Waals surface area contributed by atoms with Crippen molar-refractivity contribution in [1.29, 1.82) is 0 Å². The summed E-state index contributed by atoms with van der Waals surface area (Å²) in [5.41, 5.74) is 0. The number of halogens is 16. The molecule has 1 radical (unpaired) electrons. The van der Waals surface area contributed by atoms with Gasteiger partial charge in [-0.2, -0.15) is 0 Å². The molecule has 0 aromatic rings. The molecule has 0 aliphatic rings. The van der Waals surface area contributed by atoms with Crippen LogP contribution in [0.5, 0.6) is 0 Å². The van der Waals surface area contributed by atoms with E-state index in [9.17, 15) is 69.1 Å². The Bertz CT molecular complexity index is 136. The Balaban J connectivity index is -0.0000000376. The Hall–Kier alpha value is 0.140. The van der Waals surface area contributed by atoms with Crippen LogP contribution in [-0.4, -0.2) is 29.0 Å². The fourth-order valence-corrected chi connectivity index (χ4v) is 0. The molecule has 0 N–H and O–H groups in total. The van der Waals surface area contributed by atoms with Crippen LogP contribution in [-0.2, 0) is 33.3 Å². The first-order valence-corrected chi connectivity index (χ1v) is 3.49. The average molecular weight is 465 g/mol. The minimum Gasteiger partial charge on any atom is -0.418 e. The number of hydrogen-bond donors (Lipinski definition) is 0. The summed E-state index contributed by atoms with van der Waals surface area (Å²) in [6.07, 6.45) is 0. The molecule has 0 bridgehead atoms. The van der Waals surface area contributed by atoms with Crippen molar-refractivity contribution in [3.8, 4) is 0 Å². The van der Waals surface area contributed by atoms with Gasteiger partial charge in [-0.25, -0.2) is 0 Å². The third kappa shape index (κ3) is 378000. The largest absolute Gasteiger partial charge is 2.00 e. The minimum atomic E-state index is -6.00. The van der Waals surface area contributed by atoms with E-state index in [4.69, 9.17) is 0 Å². The van der Waals surface area contributed by atoms with Gasteiger partial charge in [-0.1, -0.05) is 0 Å². The molecule has 0 aliphatic carbocycles. The summed E-state index contributed by atoms with van der Waals surface area (Å²) in [5, 5.41) is 0. The van der Waals surface area contributed by atoms with E-state index >= 15 is 0 Å². The summed E-state index contributed by atoms with van der Waals surface area (Å²) in [5.74, 6) is 0. The smallest absolute Gasteiger partial charge is 0.418 e. The van der Waals surface area contributed by atoms with Crippen LogP contribution in [0.2, 0.25) is 0 Å². The van der Waals surface area contributed by atoms with Crippen molar-refractivity contribution in [3.63, 3.8) is 0 Å². The van der Waals surface area contributed by atoms with E-state index in [1.54, 1.807) is 0 Å². The van der Waals surface area contributed by atoms with Gasteiger partial charge in [0.05, 0.1) is 0 Å². The zero-order valence-electron chi connectivity index (χ0n) is 9.01. The van der Waals surface area contributed by atoms with Gasteiger partial charge in [0.15, 0.2) is 0 Å². The molecule has 0 heterocycles. The molecular formula is B4CoF16Ni. The van der Waals surface area contributed by atoms with Crippen molar-refractivity contribution in [2.45, 2.75) is 0 Å². The minimum absolute atomic E-state index is 0. The van der Waals surface area contributed by atoms with Crippen LogP contribution in [0.15, 0.2) is 0 Å². The third-order valence-corrected chi connectivity index (χ3v) is 0. The quantitative estimate of drug-likeness (QED) is 0.342. The van der Waals surface area contributed by atoms with Crippen molar-refractivity contribution in [1.82, 2.24) is 0 Å². The van der Waals surface area contributed by atoms with Crippen LogP contribution >= 0.6 is 0 Å². The first kappa shape index (κ1) is 38.0. The predicted octanol–water partition coefficient (Wildman–Crippen LogP) is 5.20. The first-order chi connectivity index (χ1) is 8.00. The molecule has 0 aromatic carbocycles. The van der Waals surface area contributed by atoms with Gasteiger partial charge in [-0.3, -0.25) is 0 Å². The monoisotopic (exact) mass is 465 g/mol. The SMILES string of the molecule is F[B-](F)(F)F.F[B-](F)(F)F.F[B-](F)(F)F.F[B-](F)(F)F.[Co+2].[Ni+2]. The van der Waals surface area contributed by atoms with Crippen LogP contribution in [0.1, 0.15) is 0 Å². The summed E-state index contributed by atoms with van der Waals surface area (Å²) >= 11 is 0. The predicted molar refractivity (Wildman–Crippen MR) is 40.7 cm³/mol. The second-order valence-corrected chi connectivity index (χ2v) is 1.98. The molecule has 0 aliphatic heterocycles. The molecular weight excluding hydrogens is 465 g/mol. The van der Waals surface area contributed by atoms with E-state index in [1.165, 1.54) is 0 Å². The van der Waals surface area contributed by atoms with Crippen LogP contribution in [0.25, 0.3) is 0 Å². The molecule has 0 aromatic heterocycles. The molecule has 0 atom stereocenters. The fourth-order valence-electron chi connectivity index (χ4n) is 0. The summed E-state index contributed by atoms with van der Waals surface area (Å²) in [7, 11) is -24.0. The second-order valence-electron chi connectivity index (χ2n) is 1.98. The van der Waals surface area contributed by atoms with Crippen LogP contribution in [0, 0.1) is 0 Å². The van der Waals surface area contributed by atoms with Crippen molar-refractivity contribution >= 4 is 29.0 Å². The molecule has 0 spiro atoms. The number of hydrogen-bond acceptors (Lipinski definition) is 0. The molecule has 22 heteroatoms. The fraction of sp³-hybridized carbons (Fsp3) is 0. The molecule has 0 saturated heterocycles. The van der Waals surface area contributed by atoms with Crippen LogP contribution in [0.4, 0.5) is 69.1 Å². The third-order valence-electron chi connectivity index (χ3n) is 0. The zero-order chi connectivity index (χ0) is 18.0. The van der Waals surface area contributed by atoms with Crippen LogP contribution < -0.4 is 0 Å². The standard InChI is InChI=1S/4BF4.Co.Ni/c4*2-1(3,4)5;;/q4*-1;2*+2. The molecule has 0 rings (SSSR count). The van der Waals surface area contributed by atoms with Gasteiger partial charge in [-0.05, 0) is 0 Å². The molecule has 0 amide bonds. The van der Waals surface area contributed by atoms with Gasteiger partial charge >= 0.3 is 62.3 Å². The Morgan fingerprint density at radius 3 is 0.273 bits per heavy atom. The van der Waals surface area contributed by atoms with E-state index in [-0.39, 0.29) is 33.3 Å². The topological polar surface area (TPSA) is 0 Å². The van der Waals surface area contributed by atoms with Crippen molar-refractivity contribution < 1.29 is 102 Å². The zero-order valence-corrected chi connectivity index (χ0v) is 11.0. The summed E-state index contributed by atoms with van der Waals surface area (Å²) < 4.78 is 156. The molecule has 0 saturated carbocycles. The molecule has 0 nitrogen and oxygen atoms in total. The molecule has 22 heavy (non-hydrogen) atoms. The Kier molecular flexibility index (Phi) is 25.4. The first-order valence-electron chi connectivity index (χ1n) is 3.49. The van der Waals surface area contributed by atoms with Crippen molar-refractivity contribution in [3.05, 3.63) is 0 Å². The van der Waals surface area contributed by atoms with E-state index in [2.05, 4.69) is 0 Å². The normalized spacial score (nSPS) is 10.9. The maximum atomic E-state index is 9.75. The Morgan fingerprint density at radius 1 is 0.273 bits per heavy atom. The Morgan fingerprint density at radius 2 is 0.273 bits per heavy atom. The molecule has 143 valence electrons. The van der Waals surface area contributed by atoms with E-state index in [1.807, 2.05) is 0 Å². The Labute approximate surface area is 132 Å². The van der Waals surface area contributed by atoms with Gasteiger partial charge in [-0.15, -0.1) is 0 Å². The van der Waals surface area contributed by atoms with E-state index in [0.717, 1.165) is 0 Å². The van der Waals surface area contributed by atoms with Gasteiger partial charge in [0, 0.05) is 0 Å². The second kappa shape index (κ2) is 14.7. The van der Waals surface area contributed by atoms with Gasteiger partial charge in [0.1, 0.15) is 0 Å². The van der Waals surface area contributed by atoms with Gasteiger partial charge in [0.2, 0.25) is 0 Å². The maximum Gasteiger partial charge on any atom is 2.00 e. The number of rotatable bonds is 0. The van der Waals surface area contributed by atoms with Gasteiger partial charge < -0.3 is 69.1 Å². The van der Waals surface area contributed by atoms with Crippen molar-refractivity contribution in [2.24, 2.45) is 0 Å². The van der Waals surface area contributed by atoms with Crippen molar-refractivity contribution in [2.75, 3.05) is 0 Å². The summed E-state index contributed by atoms with van der Waals surface area (Å²) in [4.78, 5) is 0. The molecule has 0 unspecified atom stereocenters. The van der Waals surface area contributed by atoms with E-state index in [0.29, 0.717) is 0 Å². The molecule has 0 fully saturated rings.